The molecule has 2 unspecified atom stereocenters. The van der Waals surface area contributed by atoms with E-state index in [1.807, 2.05) is 6.07 Å². The third-order valence-corrected chi connectivity index (χ3v) is 3.84. The standard InChI is InChI=1S/C16H16N2O5/c1-9(19)13-14(18(7-6-17)16(21)15(13)20)11-5-4-10(22-2)8-12(11)23-3/h4-5,8,13-14H,7H2,1-3H3. The Bertz CT molecular complexity index is 707. The van der Waals surface area contributed by atoms with E-state index >= 15 is 0 Å². The van der Waals surface area contributed by atoms with Gasteiger partial charge < -0.3 is 14.4 Å². The molecule has 1 saturated heterocycles. The number of hydrogen-bond acceptors (Lipinski definition) is 6. The fraction of sp³-hybridized carbons (Fsp3) is 0.375. The van der Waals surface area contributed by atoms with Crippen molar-refractivity contribution < 1.29 is 23.9 Å². The molecule has 120 valence electrons. The Morgan fingerprint density at radius 3 is 2.52 bits per heavy atom. The van der Waals surface area contributed by atoms with Gasteiger partial charge in [-0.2, -0.15) is 5.26 Å². The maximum Gasteiger partial charge on any atom is 0.292 e. The van der Waals surface area contributed by atoms with Crippen molar-refractivity contribution in [2.24, 2.45) is 5.92 Å². The van der Waals surface area contributed by atoms with E-state index in [1.54, 1.807) is 18.2 Å². The minimum absolute atomic E-state index is 0.284. The Kier molecular flexibility index (Phi) is 4.65. The van der Waals surface area contributed by atoms with Gasteiger partial charge in [-0.15, -0.1) is 0 Å². The lowest BCUT2D eigenvalue weighted by atomic mass is 9.89. The van der Waals surface area contributed by atoms with E-state index in [1.165, 1.54) is 21.1 Å². The highest BCUT2D eigenvalue weighted by Gasteiger charge is 2.51. The summed E-state index contributed by atoms with van der Waals surface area (Å²) in [6, 6.07) is 5.88. The molecule has 0 aromatic heterocycles. The molecule has 0 saturated carbocycles. The SMILES string of the molecule is COc1ccc(C2C(C(C)=O)C(=O)C(=O)N2CC#N)c(OC)c1. The van der Waals surface area contributed by atoms with Crippen LogP contribution in [0.5, 0.6) is 11.5 Å². The largest absolute Gasteiger partial charge is 0.497 e. The zero-order chi connectivity index (χ0) is 17.1. The molecule has 1 aliphatic heterocycles. The van der Waals surface area contributed by atoms with Crippen molar-refractivity contribution in [2.45, 2.75) is 13.0 Å². The first-order valence-corrected chi connectivity index (χ1v) is 6.90. The summed E-state index contributed by atoms with van der Waals surface area (Å²) in [5.41, 5.74) is 0.489. The van der Waals surface area contributed by atoms with E-state index < -0.39 is 29.4 Å². The van der Waals surface area contributed by atoms with E-state index in [0.29, 0.717) is 17.1 Å². The van der Waals surface area contributed by atoms with Crippen molar-refractivity contribution in [3.05, 3.63) is 23.8 Å². The predicted molar refractivity (Wildman–Crippen MR) is 78.8 cm³/mol. The van der Waals surface area contributed by atoms with Gasteiger partial charge in [-0.05, 0) is 19.1 Å². The third kappa shape index (κ3) is 2.75. The van der Waals surface area contributed by atoms with Crippen molar-refractivity contribution in [3.8, 4) is 17.6 Å². The van der Waals surface area contributed by atoms with E-state index in [2.05, 4.69) is 0 Å². The number of Topliss-reactive ketones (excluding diaryl/α,β-unsaturated/α-hetero) is 2. The second-order valence-electron chi connectivity index (χ2n) is 5.10. The summed E-state index contributed by atoms with van der Waals surface area (Å²) in [7, 11) is 2.94. The fourth-order valence-corrected chi connectivity index (χ4v) is 2.79. The van der Waals surface area contributed by atoms with Gasteiger partial charge in [-0.1, -0.05) is 0 Å². The molecule has 2 atom stereocenters. The van der Waals surface area contributed by atoms with E-state index in [0.717, 1.165) is 4.90 Å². The zero-order valence-electron chi connectivity index (χ0n) is 13.0. The van der Waals surface area contributed by atoms with Crippen molar-refractivity contribution in [3.63, 3.8) is 0 Å². The summed E-state index contributed by atoms with van der Waals surface area (Å²) in [6.07, 6.45) is 0. The quantitative estimate of drug-likeness (QED) is 0.454. The molecule has 0 spiro atoms. The molecule has 1 heterocycles. The molecule has 0 radical (unpaired) electrons. The smallest absolute Gasteiger partial charge is 0.292 e. The van der Waals surface area contributed by atoms with E-state index in [4.69, 9.17) is 14.7 Å². The van der Waals surface area contributed by atoms with Crippen LogP contribution in [0.1, 0.15) is 18.5 Å². The first kappa shape index (κ1) is 16.5. The van der Waals surface area contributed by atoms with Crippen LogP contribution in [-0.4, -0.2) is 43.1 Å². The third-order valence-electron chi connectivity index (χ3n) is 3.84. The number of carbonyl (C=O) groups excluding carboxylic acids is 3. The van der Waals surface area contributed by atoms with Crippen molar-refractivity contribution in [1.82, 2.24) is 4.90 Å². The van der Waals surface area contributed by atoms with Gasteiger partial charge in [0.1, 0.15) is 29.7 Å². The Morgan fingerprint density at radius 1 is 1.30 bits per heavy atom. The monoisotopic (exact) mass is 316 g/mol. The zero-order valence-corrected chi connectivity index (χ0v) is 13.0. The number of carbonyl (C=O) groups is 3. The molecule has 1 aromatic rings. The van der Waals surface area contributed by atoms with Gasteiger partial charge in [0.05, 0.1) is 26.3 Å². The van der Waals surface area contributed by atoms with Crippen LogP contribution in [0.15, 0.2) is 18.2 Å². The van der Waals surface area contributed by atoms with Crippen LogP contribution < -0.4 is 9.47 Å². The second kappa shape index (κ2) is 6.48. The molecule has 1 fully saturated rings. The summed E-state index contributed by atoms with van der Waals surface area (Å²) < 4.78 is 10.4. The molecule has 2 rings (SSSR count). The van der Waals surface area contributed by atoms with Crippen LogP contribution in [0.4, 0.5) is 0 Å². The summed E-state index contributed by atoms with van der Waals surface area (Å²) in [5, 5.41) is 8.94. The summed E-state index contributed by atoms with van der Waals surface area (Å²) in [4.78, 5) is 37.3. The van der Waals surface area contributed by atoms with Gasteiger partial charge in [0.15, 0.2) is 0 Å². The van der Waals surface area contributed by atoms with Crippen molar-refractivity contribution >= 4 is 17.5 Å². The van der Waals surface area contributed by atoms with Crippen LogP contribution >= 0.6 is 0 Å². The Morgan fingerprint density at radius 2 is 2.00 bits per heavy atom. The number of methoxy groups -OCH3 is 2. The highest BCUT2D eigenvalue weighted by molar-refractivity contribution is 6.42. The van der Waals surface area contributed by atoms with Gasteiger partial charge in [0.25, 0.3) is 5.91 Å². The van der Waals surface area contributed by atoms with Gasteiger partial charge in [0, 0.05) is 11.6 Å². The average molecular weight is 316 g/mol. The van der Waals surface area contributed by atoms with Crippen LogP contribution in [0.2, 0.25) is 0 Å². The lowest BCUT2D eigenvalue weighted by Crippen LogP contribution is -2.31. The highest BCUT2D eigenvalue weighted by Crippen LogP contribution is 2.41. The fourth-order valence-electron chi connectivity index (χ4n) is 2.79. The molecule has 23 heavy (non-hydrogen) atoms. The number of ketones is 2. The molecule has 1 aliphatic rings. The molecule has 7 nitrogen and oxygen atoms in total. The highest BCUT2D eigenvalue weighted by atomic mass is 16.5. The first-order valence-electron chi connectivity index (χ1n) is 6.90. The predicted octanol–water partition coefficient (Wildman–Crippen LogP) is 0.885. The van der Waals surface area contributed by atoms with Crippen LogP contribution in [0.25, 0.3) is 0 Å². The van der Waals surface area contributed by atoms with E-state index in [-0.39, 0.29) is 6.54 Å². The van der Waals surface area contributed by atoms with Crippen LogP contribution in [0, 0.1) is 17.2 Å². The molecule has 0 bridgehead atoms. The molecule has 0 aliphatic carbocycles. The molecule has 0 N–H and O–H groups in total. The molecule has 1 amide bonds. The average Bonchev–Trinajstić information content (AvgIpc) is 2.79. The minimum Gasteiger partial charge on any atom is -0.497 e. The summed E-state index contributed by atoms with van der Waals surface area (Å²) in [6.45, 7) is 0.975. The number of nitriles is 1. The van der Waals surface area contributed by atoms with Gasteiger partial charge in [0.2, 0.25) is 5.78 Å². The number of amides is 1. The lowest BCUT2D eigenvalue weighted by Gasteiger charge is -2.26. The Labute approximate surface area is 133 Å². The normalized spacial score (nSPS) is 20.3. The maximum absolute atomic E-state index is 12.2. The minimum atomic E-state index is -1.14. The number of hydrogen-bond donors (Lipinski definition) is 0. The van der Waals surface area contributed by atoms with Gasteiger partial charge in [-0.25, -0.2) is 0 Å². The molecule has 7 heteroatoms. The lowest BCUT2D eigenvalue weighted by molar-refractivity contribution is -0.141. The molecule has 1 aromatic carbocycles. The number of benzene rings is 1. The van der Waals surface area contributed by atoms with Gasteiger partial charge in [-0.3, -0.25) is 14.4 Å². The van der Waals surface area contributed by atoms with Gasteiger partial charge >= 0.3 is 0 Å². The first-order chi connectivity index (χ1) is 11.0. The topological polar surface area (TPSA) is 96.7 Å². The van der Waals surface area contributed by atoms with Crippen molar-refractivity contribution in [1.29, 1.82) is 5.26 Å². The number of rotatable bonds is 5. The number of likely N-dealkylation sites (tertiary alicyclic amines) is 1. The molecular weight excluding hydrogens is 300 g/mol. The molecular formula is C16H16N2O5. The number of ether oxygens (including phenoxy) is 2. The van der Waals surface area contributed by atoms with Crippen LogP contribution in [0.3, 0.4) is 0 Å². The van der Waals surface area contributed by atoms with E-state index in [9.17, 15) is 14.4 Å². The summed E-state index contributed by atoms with van der Waals surface area (Å²) >= 11 is 0. The summed E-state index contributed by atoms with van der Waals surface area (Å²) in [5.74, 6) is -2.27. The van der Waals surface area contributed by atoms with Crippen molar-refractivity contribution in [2.75, 3.05) is 20.8 Å². The second-order valence-corrected chi connectivity index (χ2v) is 5.10. The Balaban J connectivity index is 2.60. The number of nitrogens with zero attached hydrogens (tertiary/aromatic N) is 2. The maximum atomic E-state index is 12.2. The van der Waals surface area contributed by atoms with Crippen LogP contribution in [-0.2, 0) is 14.4 Å². The Hall–Kier alpha value is -2.88.